The van der Waals surface area contributed by atoms with Crippen molar-refractivity contribution < 1.29 is 19.1 Å². The monoisotopic (exact) mass is 424 g/mol. The molecule has 1 aliphatic rings. The van der Waals surface area contributed by atoms with Crippen molar-refractivity contribution in [3.05, 3.63) is 64.1 Å². The average molecular weight is 425 g/mol. The summed E-state index contributed by atoms with van der Waals surface area (Å²) in [5, 5.41) is 2.30. The number of carbonyl (C=O) groups is 3. The fraction of sp³-hybridized carbons (Fsp3) is 0.261. The van der Waals surface area contributed by atoms with E-state index in [4.69, 9.17) is 4.74 Å². The van der Waals surface area contributed by atoms with Crippen molar-refractivity contribution >= 4 is 40.6 Å². The Morgan fingerprint density at radius 2 is 1.77 bits per heavy atom. The maximum absolute atomic E-state index is 12.6. The molecule has 2 aromatic rings. The molecule has 1 heterocycles. The van der Waals surface area contributed by atoms with Gasteiger partial charge < -0.3 is 10.1 Å². The van der Waals surface area contributed by atoms with Crippen molar-refractivity contribution in [1.29, 1.82) is 0 Å². The number of nitrogens with zero attached hydrogens (tertiary/aromatic N) is 1. The van der Waals surface area contributed by atoms with Crippen LogP contribution in [0.5, 0.6) is 5.75 Å². The molecule has 7 heteroatoms. The molecule has 3 rings (SSSR count). The van der Waals surface area contributed by atoms with E-state index >= 15 is 0 Å². The lowest BCUT2D eigenvalue weighted by atomic mass is 10.1. The number of hydrogen-bond donors (Lipinski definition) is 1. The zero-order valence-electron chi connectivity index (χ0n) is 17.2. The standard InChI is InChI=1S/C23H24N2O4S/c1-4-9-29-19-7-5-17(6-8-19)13-20-22(27)25(23(28)30-20)14-21(26)24-18-11-15(2)10-16(3)12-18/h5-8,10-13H,4,9,14H2,1-3H3,(H,24,26)/b20-13-. The molecular formula is C23H24N2O4S. The van der Waals surface area contributed by atoms with Crippen molar-refractivity contribution in [2.75, 3.05) is 18.5 Å². The third-order valence-corrected chi connectivity index (χ3v) is 5.24. The van der Waals surface area contributed by atoms with Crippen LogP contribution in [0.15, 0.2) is 47.4 Å². The first-order valence-corrected chi connectivity index (χ1v) is 10.5. The van der Waals surface area contributed by atoms with Crippen LogP contribution in [0.3, 0.4) is 0 Å². The Balaban J connectivity index is 1.65. The Labute approximate surface area is 180 Å². The summed E-state index contributed by atoms with van der Waals surface area (Å²) < 4.78 is 5.54. The molecule has 6 nitrogen and oxygen atoms in total. The van der Waals surface area contributed by atoms with Gasteiger partial charge in [-0.3, -0.25) is 19.3 Å². The molecule has 2 aromatic carbocycles. The van der Waals surface area contributed by atoms with E-state index in [-0.39, 0.29) is 6.54 Å². The zero-order chi connectivity index (χ0) is 21.7. The SMILES string of the molecule is CCCOc1ccc(/C=C2\SC(=O)N(CC(=O)Nc3cc(C)cc(C)c3)C2=O)cc1. The predicted octanol–water partition coefficient (Wildman–Crippen LogP) is 4.77. The van der Waals surface area contributed by atoms with Gasteiger partial charge in [-0.15, -0.1) is 0 Å². The largest absolute Gasteiger partial charge is 0.494 e. The molecule has 1 N–H and O–H groups in total. The van der Waals surface area contributed by atoms with Gasteiger partial charge in [-0.2, -0.15) is 0 Å². The van der Waals surface area contributed by atoms with Gasteiger partial charge in [-0.1, -0.05) is 25.1 Å². The highest BCUT2D eigenvalue weighted by molar-refractivity contribution is 8.18. The summed E-state index contributed by atoms with van der Waals surface area (Å²) in [6.07, 6.45) is 2.57. The van der Waals surface area contributed by atoms with Crippen molar-refractivity contribution in [1.82, 2.24) is 4.90 Å². The molecule has 0 bridgehead atoms. The number of benzene rings is 2. The molecular weight excluding hydrogens is 400 g/mol. The first-order chi connectivity index (χ1) is 14.4. The number of ether oxygens (including phenoxy) is 1. The van der Waals surface area contributed by atoms with Gasteiger partial charge in [-0.05, 0) is 79.1 Å². The molecule has 0 spiro atoms. The molecule has 1 aliphatic heterocycles. The third-order valence-electron chi connectivity index (χ3n) is 4.33. The summed E-state index contributed by atoms with van der Waals surface area (Å²) in [6, 6.07) is 13.0. The molecule has 30 heavy (non-hydrogen) atoms. The Bertz CT molecular complexity index is 979. The van der Waals surface area contributed by atoms with E-state index in [0.29, 0.717) is 17.2 Å². The van der Waals surface area contributed by atoms with E-state index in [1.165, 1.54) is 0 Å². The van der Waals surface area contributed by atoms with Crippen LogP contribution in [-0.4, -0.2) is 35.1 Å². The smallest absolute Gasteiger partial charge is 0.294 e. The predicted molar refractivity (Wildman–Crippen MR) is 119 cm³/mol. The number of anilines is 1. The number of thioether (sulfide) groups is 1. The Morgan fingerprint density at radius 3 is 2.40 bits per heavy atom. The van der Waals surface area contributed by atoms with Gasteiger partial charge in [0.25, 0.3) is 11.1 Å². The van der Waals surface area contributed by atoms with Crippen LogP contribution in [0.25, 0.3) is 6.08 Å². The van der Waals surface area contributed by atoms with Crippen molar-refractivity contribution in [3.8, 4) is 5.75 Å². The molecule has 0 aliphatic carbocycles. The third kappa shape index (κ3) is 5.51. The van der Waals surface area contributed by atoms with Crippen LogP contribution in [0.1, 0.15) is 30.0 Å². The van der Waals surface area contributed by atoms with Crippen molar-refractivity contribution in [2.24, 2.45) is 0 Å². The molecule has 0 saturated carbocycles. The van der Waals surface area contributed by atoms with Crippen LogP contribution in [0, 0.1) is 13.8 Å². The summed E-state index contributed by atoms with van der Waals surface area (Å²) in [7, 11) is 0. The van der Waals surface area contributed by atoms with E-state index in [9.17, 15) is 14.4 Å². The van der Waals surface area contributed by atoms with Gasteiger partial charge in [-0.25, -0.2) is 0 Å². The molecule has 0 aromatic heterocycles. The highest BCUT2D eigenvalue weighted by atomic mass is 32.2. The number of nitrogens with one attached hydrogen (secondary N) is 1. The van der Waals surface area contributed by atoms with Crippen LogP contribution in [-0.2, 0) is 9.59 Å². The maximum atomic E-state index is 12.6. The summed E-state index contributed by atoms with van der Waals surface area (Å²) in [5.41, 5.74) is 3.46. The second-order valence-electron chi connectivity index (χ2n) is 7.11. The van der Waals surface area contributed by atoms with Gasteiger partial charge in [0, 0.05) is 5.69 Å². The van der Waals surface area contributed by atoms with E-state index in [1.54, 1.807) is 6.08 Å². The molecule has 0 radical (unpaired) electrons. The number of rotatable bonds is 7. The number of carbonyl (C=O) groups excluding carboxylic acids is 3. The molecule has 0 unspecified atom stereocenters. The van der Waals surface area contributed by atoms with Gasteiger partial charge in [0.1, 0.15) is 12.3 Å². The second-order valence-corrected chi connectivity index (χ2v) is 8.10. The van der Waals surface area contributed by atoms with E-state index in [1.807, 2.05) is 63.2 Å². The van der Waals surface area contributed by atoms with Crippen molar-refractivity contribution in [2.45, 2.75) is 27.2 Å². The fourth-order valence-electron chi connectivity index (χ4n) is 3.06. The van der Waals surface area contributed by atoms with Gasteiger partial charge >= 0.3 is 0 Å². The lowest BCUT2D eigenvalue weighted by molar-refractivity contribution is -0.127. The first kappa shape index (κ1) is 21.6. The number of aryl methyl sites for hydroxylation is 2. The minimum absolute atomic E-state index is 0.293. The number of amides is 3. The topological polar surface area (TPSA) is 75.7 Å². The lowest BCUT2D eigenvalue weighted by Gasteiger charge is -2.13. The highest BCUT2D eigenvalue weighted by Gasteiger charge is 2.36. The minimum atomic E-state index is -0.466. The van der Waals surface area contributed by atoms with Crippen LogP contribution in [0.2, 0.25) is 0 Å². The molecule has 1 saturated heterocycles. The maximum Gasteiger partial charge on any atom is 0.294 e. The first-order valence-electron chi connectivity index (χ1n) is 9.72. The second kappa shape index (κ2) is 9.63. The molecule has 0 atom stereocenters. The van der Waals surface area contributed by atoms with E-state index < -0.39 is 17.1 Å². The number of hydrogen-bond acceptors (Lipinski definition) is 5. The highest BCUT2D eigenvalue weighted by Crippen LogP contribution is 2.32. The van der Waals surface area contributed by atoms with Crippen LogP contribution in [0.4, 0.5) is 10.5 Å². The van der Waals surface area contributed by atoms with E-state index in [0.717, 1.165) is 45.5 Å². The minimum Gasteiger partial charge on any atom is -0.494 e. The Hall–Kier alpha value is -3.06. The lowest BCUT2D eigenvalue weighted by Crippen LogP contribution is -2.36. The van der Waals surface area contributed by atoms with Crippen molar-refractivity contribution in [3.63, 3.8) is 0 Å². The average Bonchev–Trinajstić information content (AvgIpc) is 2.94. The quantitative estimate of drug-likeness (QED) is 0.648. The Morgan fingerprint density at radius 1 is 1.10 bits per heavy atom. The summed E-state index contributed by atoms with van der Waals surface area (Å²) >= 11 is 0.835. The van der Waals surface area contributed by atoms with Crippen LogP contribution >= 0.6 is 11.8 Å². The van der Waals surface area contributed by atoms with Gasteiger partial charge in [0.2, 0.25) is 5.91 Å². The fourth-order valence-corrected chi connectivity index (χ4v) is 3.90. The van der Waals surface area contributed by atoms with Crippen LogP contribution < -0.4 is 10.1 Å². The van der Waals surface area contributed by atoms with Gasteiger partial charge in [0.05, 0.1) is 11.5 Å². The molecule has 156 valence electrons. The Kier molecular flexibility index (Phi) is 6.95. The van der Waals surface area contributed by atoms with Gasteiger partial charge in [0.15, 0.2) is 0 Å². The molecule has 3 amide bonds. The summed E-state index contributed by atoms with van der Waals surface area (Å²) in [5.74, 6) is -0.127. The molecule has 1 fully saturated rings. The van der Waals surface area contributed by atoms with E-state index in [2.05, 4.69) is 5.32 Å². The summed E-state index contributed by atoms with van der Waals surface area (Å²) in [4.78, 5) is 38.5. The zero-order valence-corrected chi connectivity index (χ0v) is 18.0. The number of imide groups is 1. The normalized spacial score (nSPS) is 15.0. The summed E-state index contributed by atoms with van der Waals surface area (Å²) in [6.45, 7) is 6.23.